The quantitative estimate of drug-likeness (QED) is 0.766. The molecule has 2 heterocycles. The summed E-state index contributed by atoms with van der Waals surface area (Å²) in [6, 6.07) is 0.489. The summed E-state index contributed by atoms with van der Waals surface area (Å²) in [7, 11) is 0. The van der Waals surface area contributed by atoms with Crippen molar-refractivity contribution in [2.45, 2.75) is 52.5 Å². The van der Waals surface area contributed by atoms with Gasteiger partial charge in [-0.15, -0.1) is 0 Å². The highest BCUT2D eigenvalue weighted by Crippen LogP contribution is 2.34. The Bertz CT molecular complexity index is 419. The minimum Gasteiger partial charge on any atom is -0.345 e. The predicted molar refractivity (Wildman–Crippen MR) is 73.4 cm³/mol. The average Bonchev–Trinajstić information content (AvgIpc) is 2.50. The van der Waals surface area contributed by atoms with Crippen LogP contribution >= 0.6 is 0 Å². The van der Waals surface area contributed by atoms with Gasteiger partial charge in [0.1, 0.15) is 0 Å². The van der Waals surface area contributed by atoms with Crippen molar-refractivity contribution in [2.24, 2.45) is 0 Å². The van der Waals surface area contributed by atoms with Gasteiger partial charge in [-0.05, 0) is 43.7 Å². The van der Waals surface area contributed by atoms with Crippen LogP contribution < -0.4 is 4.90 Å². The zero-order valence-electron chi connectivity index (χ0n) is 11.3. The molecule has 0 saturated heterocycles. The topological polar surface area (TPSA) is 16.1 Å². The molecule has 0 unspecified atom stereocenters. The van der Waals surface area contributed by atoms with Crippen molar-refractivity contribution in [3.8, 4) is 0 Å². The van der Waals surface area contributed by atoms with Crippen molar-refractivity contribution in [1.29, 1.82) is 0 Å². The number of nitrogens with zero attached hydrogens (tertiary/aromatic N) is 2. The fourth-order valence-electron chi connectivity index (χ4n) is 2.37. The van der Waals surface area contributed by atoms with E-state index in [9.17, 15) is 0 Å². The van der Waals surface area contributed by atoms with Crippen LogP contribution in [0, 0.1) is 0 Å². The molecule has 1 aliphatic rings. The van der Waals surface area contributed by atoms with Gasteiger partial charge in [-0.25, -0.2) is 0 Å². The zero-order chi connectivity index (χ0) is 12.4. The first-order valence-electron chi connectivity index (χ1n) is 6.53. The summed E-state index contributed by atoms with van der Waals surface area (Å²) < 4.78 is 0. The highest BCUT2D eigenvalue weighted by Gasteiger charge is 2.20. The van der Waals surface area contributed by atoms with Crippen LogP contribution in [0.2, 0.25) is 0 Å². The normalized spacial score (nSPS) is 15.3. The van der Waals surface area contributed by atoms with E-state index in [1.807, 2.05) is 12.4 Å². The number of anilines is 1. The summed E-state index contributed by atoms with van der Waals surface area (Å²) in [4.78, 5) is 6.79. The van der Waals surface area contributed by atoms with Gasteiger partial charge in [0.15, 0.2) is 0 Å². The van der Waals surface area contributed by atoms with Crippen molar-refractivity contribution in [3.63, 3.8) is 0 Å². The molecule has 17 heavy (non-hydrogen) atoms. The number of aromatic nitrogens is 1. The standard InChI is InChI=1S/C15H22N2/c1-11(2)14-10-16-9-13-7-5-6-8-17(12(3)4)15(13)14/h6,8-12H,5,7H2,1-4H3. The highest BCUT2D eigenvalue weighted by molar-refractivity contribution is 5.62. The van der Waals surface area contributed by atoms with E-state index in [1.165, 1.54) is 16.8 Å². The van der Waals surface area contributed by atoms with Crippen molar-refractivity contribution in [2.75, 3.05) is 4.90 Å². The molecule has 0 fully saturated rings. The van der Waals surface area contributed by atoms with Crippen molar-refractivity contribution in [1.82, 2.24) is 4.98 Å². The first kappa shape index (κ1) is 12.2. The van der Waals surface area contributed by atoms with Crippen molar-refractivity contribution in [3.05, 3.63) is 35.8 Å². The minimum absolute atomic E-state index is 0.489. The van der Waals surface area contributed by atoms with Gasteiger partial charge in [-0.2, -0.15) is 0 Å². The molecule has 0 bridgehead atoms. The molecular formula is C15H22N2. The van der Waals surface area contributed by atoms with Crippen LogP contribution in [0.25, 0.3) is 0 Å². The zero-order valence-corrected chi connectivity index (χ0v) is 11.3. The Balaban J connectivity index is 2.57. The minimum atomic E-state index is 0.489. The van der Waals surface area contributed by atoms with Crippen LogP contribution in [0.4, 0.5) is 5.69 Å². The largest absolute Gasteiger partial charge is 0.345 e. The number of hydrogen-bond donors (Lipinski definition) is 0. The Morgan fingerprint density at radius 2 is 1.94 bits per heavy atom. The molecule has 0 saturated carbocycles. The predicted octanol–water partition coefficient (Wildman–Crippen LogP) is 3.88. The van der Waals surface area contributed by atoms with Gasteiger partial charge < -0.3 is 4.90 Å². The van der Waals surface area contributed by atoms with Gasteiger partial charge >= 0.3 is 0 Å². The number of allylic oxidation sites excluding steroid dienone is 1. The Labute approximate surface area is 104 Å². The molecule has 1 aromatic heterocycles. The third kappa shape index (κ3) is 2.36. The molecule has 1 aliphatic heterocycles. The molecule has 0 spiro atoms. The number of aryl methyl sites for hydroxylation is 1. The first-order valence-corrected chi connectivity index (χ1v) is 6.53. The Hall–Kier alpha value is -1.31. The fraction of sp³-hybridized carbons (Fsp3) is 0.533. The molecule has 0 aliphatic carbocycles. The molecule has 0 atom stereocenters. The molecule has 2 nitrogen and oxygen atoms in total. The monoisotopic (exact) mass is 230 g/mol. The fourth-order valence-corrected chi connectivity index (χ4v) is 2.37. The molecule has 2 heteroatoms. The van der Waals surface area contributed by atoms with Crippen LogP contribution in [-0.4, -0.2) is 11.0 Å². The van der Waals surface area contributed by atoms with Gasteiger partial charge in [0.2, 0.25) is 0 Å². The highest BCUT2D eigenvalue weighted by atomic mass is 15.1. The van der Waals surface area contributed by atoms with E-state index in [2.05, 4.69) is 49.9 Å². The van der Waals surface area contributed by atoms with Gasteiger partial charge in [-0.1, -0.05) is 19.9 Å². The second kappa shape index (κ2) is 4.91. The van der Waals surface area contributed by atoms with Crippen molar-refractivity contribution >= 4 is 5.69 Å². The summed E-state index contributed by atoms with van der Waals surface area (Å²) in [5, 5.41) is 0. The maximum atomic E-state index is 4.40. The van der Waals surface area contributed by atoms with E-state index in [-0.39, 0.29) is 0 Å². The molecule has 0 N–H and O–H groups in total. The Morgan fingerprint density at radius 3 is 2.59 bits per heavy atom. The molecule has 0 amide bonds. The van der Waals surface area contributed by atoms with E-state index >= 15 is 0 Å². The maximum Gasteiger partial charge on any atom is 0.0507 e. The smallest absolute Gasteiger partial charge is 0.0507 e. The number of fused-ring (bicyclic) bond motifs is 1. The summed E-state index contributed by atoms with van der Waals surface area (Å²) in [6.07, 6.45) is 10.8. The van der Waals surface area contributed by atoms with E-state index in [0.29, 0.717) is 12.0 Å². The molecular weight excluding hydrogens is 208 g/mol. The summed E-state index contributed by atoms with van der Waals surface area (Å²) in [6.45, 7) is 8.96. The molecule has 0 aromatic carbocycles. The number of pyridine rings is 1. The summed E-state index contributed by atoms with van der Waals surface area (Å²) in [5.74, 6) is 0.519. The van der Waals surface area contributed by atoms with E-state index in [4.69, 9.17) is 0 Å². The molecule has 2 rings (SSSR count). The Kier molecular flexibility index (Phi) is 3.51. The average molecular weight is 230 g/mol. The van der Waals surface area contributed by atoms with E-state index in [1.54, 1.807) is 0 Å². The third-order valence-electron chi connectivity index (χ3n) is 3.30. The lowest BCUT2D eigenvalue weighted by Gasteiger charge is -2.29. The molecule has 1 aromatic rings. The van der Waals surface area contributed by atoms with E-state index < -0.39 is 0 Å². The van der Waals surface area contributed by atoms with Crippen LogP contribution in [0.15, 0.2) is 24.7 Å². The number of rotatable bonds is 2. The lowest BCUT2D eigenvalue weighted by atomic mass is 9.98. The van der Waals surface area contributed by atoms with Crippen LogP contribution in [0.1, 0.15) is 51.2 Å². The van der Waals surface area contributed by atoms with Crippen molar-refractivity contribution < 1.29 is 0 Å². The summed E-state index contributed by atoms with van der Waals surface area (Å²) in [5.41, 5.74) is 4.14. The van der Waals surface area contributed by atoms with Gasteiger partial charge in [0, 0.05) is 24.6 Å². The Morgan fingerprint density at radius 1 is 1.18 bits per heavy atom. The van der Waals surface area contributed by atoms with Gasteiger partial charge in [0.05, 0.1) is 5.69 Å². The van der Waals surface area contributed by atoms with Crippen LogP contribution in [-0.2, 0) is 6.42 Å². The lowest BCUT2D eigenvalue weighted by Crippen LogP contribution is -2.26. The third-order valence-corrected chi connectivity index (χ3v) is 3.30. The van der Waals surface area contributed by atoms with Gasteiger partial charge in [-0.3, -0.25) is 4.98 Å². The lowest BCUT2D eigenvalue weighted by molar-refractivity contribution is 0.760. The van der Waals surface area contributed by atoms with Crippen LogP contribution in [0.5, 0.6) is 0 Å². The molecule has 0 radical (unpaired) electrons. The van der Waals surface area contributed by atoms with E-state index in [0.717, 1.165) is 12.8 Å². The second-order valence-corrected chi connectivity index (χ2v) is 5.32. The molecule has 92 valence electrons. The SMILES string of the molecule is CC(C)c1cncc2c1N(C(C)C)C=CCC2. The maximum absolute atomic E-state index is 4.40. The first-order chi connectivity index (χ1) is 8.11. The number of hydrogen-bond acceptors (Lipinski definition) is 2. The van der Waals surface area contributed by atoms with Gasteiger partial charge in [0.25, 0.3) is 0 Å². The summed E-state index contributed by atoms with van der Waals surface area (Å²) >= 11 is 0. The van der Waals surface area contributed by atoms with Crippen LogP contribution in [0.3, 0.4) is 0 Å². The second-order valence-electron chi connectivity index (χ2n) is 5.32.